The van der Waals surface area contributed by atoms with E-state index in [0.717, 1.165) is 34.9 Å². The van der Waals surface area contributed by atoms with E-state index in [2.05, 4.69) is 15.3 Å². The van der Waals surface area contributed by atoms with Crippen LogP contribution in [-0.4, -0.2) is 20.9 Å². The molecule has 0 aliphatic rings. The van der Waals surface area contributed by atoms with Gasteiger partial charge in [-0.05, 0) is 41.6 Å². The van der Waals surface area contributed by atoms with Crippen LogP contribution < -0.4 is 5.32 Å². The molecular weight excluding hydrogens is 465 g/mol. The first kappa shape index (κ1) is 23.5. The van der Waals surface area contributed by atoms with E-state index in [-0.39, 0.29) is 5.91 Å². The Bertz CT molecular complexity index is 1540. The number of nitrogens with one attached hydrogen (secondary N) is 2. The molecule has 0 radical (unpaired) electrons. The number of alkyl halides is 3. The van der Waals surface area contributed by atoms with E-state index >= 15 is 0 Å². The number of hydrogen-bond donors (Lipinski definition) is 2. The quantitative estimate of drug-likeness (QED) is 0.269. The van der Waals surface area contributed by atoms with Crippen LogP contribution in [0.3, 0.4) is 0 Å². The van der Waals surface area contributed by atoms with Crippen LogP contribution in [-0.2, 0) is 6.18 Å². The molecule has 0 fully saturated rings. The molecule has 2 aromatic heterocycles. The maximum atomic E-state index is 13.4. The monoisotopic (exact) mass is 488 g/mol. The topological polar surface area (TPSA) is 70.7 Å². The Morgan fingerprint density at radius 2 is 1.78 bits per heavy atom. The van der Waals surface area contributed by atoms with Gasteiger partial charge in [0.2, 0.25) is 0 Å². The lowest BCUT2D eigenvalue weighted by molar-refractivity contribution is -0.137. The second-order valence-corrected chi connectivity index (χ2v) is 8.63. The third-order valence-electron chi connectivity index (χ3n) is 6.21. The number of hydrogen-bond acceptors (Lipinski definition) is 3. The number of benzene rings is 3. The van der Waals surface area contributed by atoms with Crippen molar-refractivity contribution in [3.63, 3.8) is 0 Å². The highest BCUT2D eigenvalue weighted by Gasteiger charge is 2.30. The van der Waals surface area contributed by atoms with Crippen molar-refractivity contribution in [3.8, 4) is 11.4 Å². The summed E-state index contributed by atoms with van der Waals surface area (Å²) in [4.78, 5) is 25.7. The fraction of sp³-hybridized carbons (Fsp3) is 0.179. The van der Waals surface area contributed by atoms with Crippen molar-refractivity contribution in [1.82, 2.24) is 20.3 Å². The highest BCUT2D eigenvalue weighted by atomic mass is 19.4. The van der Waals surface area contributed by atoms with Crippen molar-refractivity contribution in [2.45, 2.75) is 32.0 Å². The SMILES string of the molecule is CCC[C@H](NC(=O)c1cccc2nc(-c3cncc4ccccc34)[nH]c12)c1ccc(C(F)(F)F)cc1. The van der Waals surface area contributed by atoms with Crippen LogP contribution in [0.1, 0.15) is 47.3 Å². The number of halogens is 3. The molecule has 3 aromatic carbocycles. The predicted octanol–water partition coefficient (Wildman–Crippen LogP) is 7.07. The molecule has 2 heterocycles. The molecule has 0 saturated carbocycles. The van der Waals surface area contributed by atoms with Crippen LogP contribution >= 0.6 is 0 Å². The lowest BCUT2D eigenvalue weighted by atomic mass is 10.00. The first-order chi connectivity index (χ1) is 17.3. The fourth-order valence-corrected chi connectivity index (χ4v) is 4.40. The Balaban J connectivity index is 1.47. The van der Waals surface area contributed by atoms with Gasteiger partial charge in [0, 0.05) is 23.3 Å². The largest absolute Gasteiger partial charge is 0.416 e. The van der Waals surface area contributed by atoms with E-state index in [1.54, 1.807) is 24.5 Å². The fourth-order valence-electron chi connectivity index (χ4n) is 4.40. The van der Waals surface area contributed by atoms with E-state index in [9.17, 15) is 18.0 Å². The Hall–Kier alpha value is -4.20. The van der Waals surface area contributed by atoms with Gasteiger partial charge in [0.15, 0.2) is 0 Å². The van der Waals surface area contributed by atoms with Gasteiger partial charge in [0.05, 0.1) is 28.2 Å². The van der Waals surface area contributed by atoms with E-state index in [0.29, 0.717) is 34.4 Å². The van der Waals surface area contributed by atoms with Crippen LogP contribution in [0.25, 0.3) is 33.2 Å². The lowest BCUT2D eigenvalue weighted by Crippen LogP contribution is -2.28. The molecule has 36 heavy (non-hydrogen) atoms. The predicted molar refractivity (Wildman–Crippen MR) is 133 cm³/mol. The van der Waals surface area contributed by atoms with Crippen molar-refractivity contribution >= 4 is 27.7 Å². The summed E-state index contributed by atoms with van der Waals surface area (Å²) in [7, 11) is 0. The standard InChI is InChI=1S/C28H23F3N4O/c1-2-6-23(17-11-13-19(14-12-17)28(29,30)31)34-27(36)21-9-5-10-24-25(21)35-26(33-24)22-16-32-15-18-7-3-4-8-20(18)22/h3-5,7-16,23H,2,6H2,1H3,(H,33,35)(H,34,36)/t23-/m0/s1. The molecule has 0 spiro atoms. The molecule has 8 heteroatoms. The minimum atomic E-state index is -4.41. The number of rotatable bonds is 6. The summed E-state index contributed by atoms with van der Waals surface area (Å²) in [5, 5.41) is 4.97. The molecular formula is C28H23F3N4O. The van der Waals surface area contributed by atoms with Crippen molar-refractivity contribution in [2.75, 3.05) is 0 Å². The Morgan fingerprint density at radius 3 is 2.53 bits per heavy atom. The number of carbonyl (C=O) groups is 1. The Morgan fingerprint density at radius 1 is 1.00 bits per heavy atom. The third kappa shape index (κ3) is 4.54. The number of amides is 1. The Kier molecular flexibility index (Phi) is 6.18. The summed E-state index contributed by atoms with van der Waals surface area (Å²) in [5.74, 6) is 0.271. The zero-order valence-electron chi connectivity index (χ0n) is 19.4. The number of para-hydroxylation sites is 1. The zero-order chi connectivity index (χ0) is 25.3. The first-order valence-electron chi connectivity index (χ1n) is 11.6. The number of fused-ring (bicyclic) bond motifs is 2. The lowest BCUT2D eigenvalue weighted by Gasteiger charge is -2.19. The number of aromatic nitrogens is 3. The van der Waals surface area contributed by atoms with Crippen molar-refractivity contribution < 1.29 is 18.0 Å². The van der Waals surface area contributed by atoms with Gasteiger partial charge in [0.25, 0.3) is 5.91 Å². The van der Waals surface area contributed by atoms with Gasteiger partial charge in [0.1, 0.15) is 5.82 Å². The number of H-pyrrole nitrogens is 1. The number of nitrogens with zero attached hydrogens (tertiary/aromatic N) is 2. The molecule has 0 bridgehead atoms. The molecule has 182 valence electrons. The molecule has 0 aliphatic heterocycles. The summed E-state index contributed by atoms with van der Waals surface area (Å²) in [6, 6.07) is 17.7. The summed E-state index contributed by atoms with van der Waals surface area (Å²) >= 11 is 0. The van der Waals surface area contributed by atoms with Crippen molar-refractivity contribution in [1.29, 1.82) is 0 Å². The molecule has 5 nitrogen and oxygen atoms in total. The maximum absolute atomic E-state index is 13.4. The number of carbonyl (C=O) groups excluding carboxylic acids is 1. The van der Waals surface area contributed by atoms with Gasteiger partial charge in [-0.2, -0.15) is 13.2 Å². The normalized spacial score (nSPS) is 12.7. The number of imidazole rings is 1. The van der Waals surface area contributed by atoms with Gasteiger partial charge < -0.3 is 10.3 Å². The third-order valence-corrected chi connectivity index (χ3v) is 6.21. The second-order valence-electron chi connectivity index (χ2n) is 8.63. The zero-order valence-corrected chi connectivity index (χ0v) is 19.4. The van der Waals surface area contributed by atoms with E-state index in [1.165, 1.54) is 12.1 Å². The van der Waals surface area contributed by atoms with Crippen LogP contribution in [0.15, 0.2) is 79.1 Å². The summed E-state index contributed by atoms with van der Waals surface area (Å²) < 4.78 is 38.9. The van der Waals surface area contributed by atoms with Crippen LogP contribution in [0, 0.1) is 0 Å². The van der Waals surface area contributed by atoms with Gasteiger partial charge in [-0.3, -0.25) is 9.78 Å². The minimum Gasteiger partial charge on any atom is -0.345 e. The molecule has 0 aliphatic carbocycles. The number of pyridine rings is 1. The maximum Gasteiger partial charge on any atom is 0.416 e. The van der Waals surface area contributed by atoms with Gasteiger partial charge in [-0.15, -0.1) is 0 Å². The average molecular weight is 489 g/mol. The van der Waals surface area contributed by atoms with Crippen molar-refractivity contribution in [2.24, 2.45) is 0 Å². The van der Waals surface area contributed by atoms with Crippen LogP contribution in [0.5, 0.6) is 0 Å². The van der Waals surface area contributed by atoms with Gasteiger partial charge >= 0.3 is 6.18 Å². The van der Waals surface area contributed by atoms with Gasteiger partial charge in [-0.1, -0.05) is 55.8 Å². The summed E-state index contributed by atoms with van der Waals surface area (Å²) in [6.07, 6.45) is 0.453. The van der Waals surface area contributed by atoms with Crippen LogP contribution in [0.4, 0.5) is 13.2 Å². The van der Waals surface area contributed by atoms with Crippen molar-refractivity contribution in [3.05, 3.63) is 95.8 Å². The van der Waals surface area contributed by atoms with Crippen LogP contribution in [0.2, 0.25) is 0 Å². The second kappa shape index (κ2) is 9.45. The van der Waals surface area contributed by atoms with Gasteiger partial charge in [-0.25, -0.2) is 4.98 Å². The minimum absolute atomic E-state index is 0.329. The average Bonchev–Trinajstić information content (AvgIpc) is 3.32. The highest BCUT2D eigenvalue weighted by molar-refractivity contribution is 6.06. The molecule has 1 amide bonds. The molecule has 2 N–H and O–H groups in total. The molecule has 5 aromatic rings. The summed E-state index contributed by atoms with van der Waals surface area (Å²) in [5.41, 5.74) is 2.35. The number of aromatic amines is 1. The van der Waals surface area contributed by atoms with E-state index in [4.69, 9.17) is 4.98 Å². The molecule has 0 saturated heterocycles. The van der Waals surface area contributed by atoms with E-state index in [1.807, 2.05) is 37.3 Å². The summed E-state index contributed by atoms with van der Waals surface area (Å²) in [6.45, 7) is 1.96. The highest BCUT2D eigenvalue weighted by Crippen LogP contribution is 2.31. The molecule has 0 unspecified atom stereocenters. The smallest absolute Gasteiger partial charge is 0.345 e. The first-order valence-corrected chi connectivity index (χ1v) is 11.6. The van der Waals surface area contributed by atoms with E-state index < -0.39 is 17.8 Å². The molecule has 1 atom stereocenters. The molecule has 5 rings (SSSR count). The Labute approximate surface area is 205 Å².